The molecule has 1 atom stereocenters. The molecule has 1 unspecified atom stereocenters. The summed E-state index contributed by atoms with van der Waals surface area (Å²) in [4.78, 5) is 11.0. The molecule has 0 spiro atoms. The fraction of sp³-hybridized carbons (Fsp3) is 0.692. The maximum absolute atomic E-state index is 5.15. The predicted molar refractivity (Wildman–Crippen MR) is 73.9 cm³/mol. The molecule has 5 heteroatoms. The van der Waals surface area contributed by atoms with Gasteiger partial charge in [-0.3, -0.25) is 0 Å². The second-order valence-electron chi connectivity index (χ2n) is 4.48. The van der Waals surface area contributed by atoms with E-state index in [4.69, 9.17) is 4.74 Å². The van der Waals surface area contributed by atoms with Crippen molar-refractivity contribution >= 4 is 5.95 Å². The topological polar surface area (TPSA) is 50.3 Å². The normalized spacial score (nSPS) is 12.5. The molecule has 102 valence electrons. The summed E-state index contributed by atoms with van der Waals surface area (Å²) in [6, 6.07) is 0.258. The van der Waals surface area contributed by atoms with E-state index in [9.17, 15) is 0 Å². The molecule has 0 fully saturated rings. The molecule has 1 N–H and O–H groups in total. The number of ether oxygens (including phenoxy) is 1. The van der Waals surface area contributed by atoms with Crippen LogP contribution in [0.5, 0.6) is 0 Å². The minimum atomic E-state index is 0.258. The average molecular weight is 252 g/mol. The van der Waals surface area contributed by atoms with Crippen LogP contribution in [0.2, 0.25) is 0 Å². The second-order valence-corrected chi connectivity index (χ2v) is 4.48. The van der Waals surface area contributed by atoms with Crippen molar-refractivity contribution in [3.63, 3.8) is 0 Å². The highest BCUT2D eigenvalue weighted by Crippen LogP contribution is 2.12. The van der Waals surface area contributed by atoms with Gasteiger partial charge in [0.15, 0.2) is 0 Å². The zero-order valence-electron chi connectivity index (χ0n) is 12.0. The lowest BCUT2D eigenvalue weighted by Crippen LogP contribution is -2.34. The number of anilines is 1. The summed E-state index contributed by atoms with van der Waals surface area (Å²) >= 11 is 0. The number of nitrogens with zero attached hydrogens (tertiary/aromatic N) is 3. The Balaban J connectivity index is 2.76. The first-order valence-electron chi connectivity index (χ1n) is 6.35. The summed E-state index contributed by atoms with van der Waals surface area (Å²) in [5.41, 5.74) is 2.17. The lowest BCUT2D eigenvalue weighted by Gasteiger charge is -2.24. The zero-order valence-corrected chi connectivity index (χ0v) is 12.0. The fourth-order valence-corrected chi connectivity index (χ4v) is 1.63. The summed E-state index contributed by atoms with van der Waals surface area (Å²) in [7, 11) is 3.69. The Kier molecular flexibility index (Phi) is 6.01. The first-order valence-corrected chi connectivity index (χ1v) is 6.35. The molecule has 0 radical (unpaired) electrons. The van der Waals surface area contributed by atoms with Gasteiger partial charge in [0.25, 0.3) is 0 Å². The molecule has 1 aromatic rings. The van der Waals surface area contributed by atoms with Gasteiger partial charge >= 0.3 is 0 Å². The Labute approximate surface area is 110 Å². The number of nitrogens with one attached hydrogen (secondary N) is 1. The number of aromatic nitrogens is 2. The van der Waals surface area contributed by atoms with Crippen LogP contribution in [-0.2, 0) is 11.3 Å². The summed E-state index contributed by atoms with van der Waals surface area (Å²) in [5, 5.41) is 3.28. The monoisotopic (exact) mass is 252 g/mol. The molecule has 0 saturated heterocycles. The number of methoxy groups -OCH3 is 1. The van der Waals surface area contributed by atoms with Gasteiger partial charge in [-0.25, -0.2) is 9.97 Å². The molecule has 1 aromatic heterocycles. The van der Waals surface area contributed by atoms with Gasteiger partial charge < -0.3 is 15.0 Å². The van der Waals surface area contributed by atoms with Crippen LogP contribution in [0.4, 0.5) is 5.95 Å². The molecule has 0 bridgehead atoms. The highest BCUT2D eigenvalue weighted by atomic mass is 16.5. The van der Waals surface area contributed by atoms with Gasteiger partial charge in [0.2, 0.25) is 5.95 Å². The number of aryl methyl sites for hydroxylation is 1. The van der Waals surface area contributed by atoms with E-state index in [0.717, 1.165) is 30.3 Å². The van der Waals surface area contributed by atoms with Gasteiger partial charge in [0.1, 0.15) is 0 Å². The second kappa shape index (κ2) is 7.28. The Morgan fingerprint density at radius 3 is 2.78 bits per heavy atom. The molecule has 0 aliphatic heterocycles. The molecule has 0 saturated carbocycles. The van der Waals surface area contributed by atoms with Crippen molar-refractivity contribution < 1.29 is 4.74 Å². The van der Waals surface area contributed by atoms with Gasteiger partial charge in [-0.15, -0.1) is 0 Å². The molecular weight excluding hydrogens is 228 g/mol. The molecule has 0 aromatic carbocycles. The molecular formula is C13H24N4O. The maximum atomic E-state index is 5.15. The minimum Gasteiger partial charge on any atom is -0.383 e. The van der Waals surface area contributed by atoms with E-state index in [1.807, 2.05) is 25.1 Å². The van der Waals surface area contributed by atoms with Crippen LogP contribution in [0.25, 0.3) is 0 Å². The van der Waals surface area contributed by atoms with Crippen LogP contribution in [-0.4, -0.2) is 43.3 Å². The van der Waals surface area contributed by atoms with E-state index in [0.29, 0.717) is 6.61 Å². The van der Waals surface area contributed by atoms with E-state index < -0.39 is 0 Å². The van der Waals surface area contributed by atoms with Crippen LogP contribution in [0, 0.1) is 6.92 Å². The molecule has 5 nitrogen and oxygen atoms in total. The number of rotatable bonds is 7. The highest BCUT2D eigenvalue weighted by molar-refractivity contribution is 5.33. The SMILES string of the molecule is CCNCc1cnc(N(C)C(C)COC)nc1C. The number of likely N-dealkylation sites (N-methyl/N-ethyl adjacent to an activating group) is 1. The minimum absolute atomic E-state index is 0.258. The van der Waals surface area contributed by atoms with Crippen molar-refractivity contribution in [2.24, 2.45) is 0 Å². The van der Waals surface area contributed by atoms with Crippen LogP contribution in [0.3, 0.4) is 0 Å². The molecule has 0 aliphatic carbocycles. The van der Waals surface area contributed by atoms with Gasteiger partial charge in [-0.2, -0.15) is 0 Å². The largest absolute Gasteiger partial charge is 0.383 e. The van der Waals surface area contributed by atoms with E-state index in [1.165, 1.54) is 0 Å². The van der Waals surface area contributed by atoms with Gasteiger partial charge in [-0.1, -0.05) is 6.92 Å². The van der Waals surface area contributed by atoms with E-state index in [-0.39, 0.29) is 6.04 Å². The van der Waals surface area contributed by atoms with Crippen LogP contribution in [0.15, 0.2) is 6.20 Å². The third-order valence-electron chi connectivity index (χ3n) is 3.02. The van der Waals surface area contributed by atoms with Gasteiger partial charge in [0.05, 0.1) is 12.6 Å². The first kappa shape index (κ1) is 14.9. The maximum Gasteiger partial charge on any atom is 0.225 e. The Hall–Kier alpha value is -1.20. The van der Waals surface area contributed by atoms with Crippen molar-refractivity contribution in [3.8, 4) is 0 Å². The summed E-state index contributed by atoms with van der Waals surface area (Å²) in [6.45, 7) is 8.64. The summed E-state index contributed by atoms with van der Waals surface area (Å²) in [5.74, 6) is 0.747. The summed E-state index contributed by atoms with van der Waals surface area (Å²) in [6.07, 6.45) is 1.90. The van der Waals surface area contributed by atoms with Gasteiger partial charge in [-0.05, 0) is 20.4 Å². The molecule has 1 heterocycles. The molecule has 0 aliphatic rings. The zero-order chi connectivity index (χ0) is 13.5. The summed E-state index contributed by atoms with van der Waals surface area (Å²) < 4.78 is 5.15. The van der Waals surface area contributed by atoms with Crippen molar-refractivity contribution in [3.05, 3.63) is 17.5 Å². The molecule has 1 rings (SSSR count). The van der Waals surface area contributed by atoms with Crippen molar-refractivity contribution in [2.45, 2.75) is 33.4 Å². The van der Waals surface area contributed by atoms with Crippen LogP contribution in [0.1, 0.15) is 25.1 Å². The standard InChI is InChI=1S/C13H24N4O/c1-6-14-7-12-8-15-13(16-11(12)3)17(4)10(2)9-18-5/h8,10,14H,6-7,9H2,1-5H3. The van der Waals surface area contributed by atoms with E-state index >= 15 is 0 Å². The first-order chi connectivity index (χ1) is 8.60. The molecule has 0 amide bonds. The van der Waals surface area contributed by atoms with E-state index in [2.05, 4.69) is 29.1 Å². The third-order valence-corrected chi connectivity index (χ3v) is 3.02. The third kappa shape index (κ3) is 3.92. The fourth-order valence-electron chi connectivity index (χ4n) is 1.63. The van der Waals surface area contributed by atoms with Crippen LogP contribution < -0.4 is 10.2 Å². The quantitative estimate of drug-likeness (QED) is 0.794. The Bertz CT molecular complexity index is 370. The Morgan fingerprint density at radius 2 is 2.22 bits per heavy atom. The number of hydrogen-bond donors (Lipinski definition) is 1. The van der Waals surface area contributed by atoms with Crippen LogP contribution >= 0.6 is 0 Å². The smallest absolute Gasteiger partial charge is 0.225 e. The number of hydrogen-bond acceptors (Lipinski definition) is 5. The van der Waals surface area contributed by atoms with E-state index in [1.54, 1.807) is 7.11 Å². The Morgan fingerprint density at radius 1 is 1.50 bits per heavy atom. The lowest BCUT2D eigenvalue weighted by molar-refractivity contribution is 0.183. The van der Waals surface area contributed by atoms with Crippen molar-refractivity contribution in [1.82, 2.24) is 15.3 Å². The average Bonchev–Trinajstić information content (AvgIpc) is 2.36. The lowest BCUT2D eigenvalue weighted by atomic mass is 10.2. The van der Waals surface area contributed by atoms with Gasteiger partial charge in [0, 0.05) is 38.2 Å². The predicted octanol–water partition coefficient (Wildman–Crippen LogP) is 1.37. The van der Waals surface area contributed by atoms with Crippen molar-refractivity contribution in [2.75, 3.05) is 32.2 Å². The highest BCUT2D eigenvalue weighted by Gasteiger charge is 2.13. The molecule has 18 heavy (non-hydrogen) atoms. The van der Waals surface area contributed by atoms with Crippen molar-refractivity contribution in [1.29, 1.82) is 0 Å².